The molecule has 0 unspecified atom stereocenters. The van der Waals surface area contributed by atoms with Crippen LogP contribution in [-0.4, -0.2) is 52.5 Å². The molecule has 1 rings (SSSR count). The Morgan fingerprint density at radius 3 is 2.26 bits per heavy atom. The van der Waals surface area contributed by atoms with Gasteiger partial charge in [0, 0.05) is 19.2 Å². The second kappa shape index (κ2) is 8.32. The van der Waals surface area contributed by atoms with E-state index in [9.17, 15) is 9.59 Å². The van der Waals surface area contributed by atoms with E-state index in [-0.39, 0.29) is 23.5 Å². The van der Waals surface area contributed by atoms with Crippen LogP contribution in [0.15, 0.2) is 24.3 Å². The highest BCUT2D eigenvalue weighted by atomic mass is 16.4. The Morgan fingerprint density at radius 2 is 1.83 bits per heavy atom. The molecule has 0 fully saturated rings. The number of benzene rings is 1. The first kappa shape index (κ1) is 18.7. The average Bonchev–Trinajstić information content (AvgIpc) is 2.53. The maximum atomic E-state index is 12.5. The third kappa shape index (κ3) is 5.09. The molecule has 1 aromatic carbocycles. The molecule has 7 nitrogen and oxygen atoms in total. The van der Waals surface area contributed by atoms with E-state index in [1.54, 1.807) is 6.19 Å². The summed E-state index contributed by atoms with van der Waals surface area (Å²) in [6, 6.07) is 4.94. The lowest BCUT2D eigenvalue weighted by molar-refractivity contribution is 0.0776. The fourth-order valence-electron chi connectivity index (χ4n) is 1.85. The van der Waals surface area contributed by atoms with Crippen LogP contribution in [0, 0.1) is 17.4 Å². The molecule has 0 aliphatic rings. The van der Waals surface area contributed by atoms with Gasteiger partial charge in [0.15, 0.2) is 6.19 Å². The molecule has 0 aromatic heterocycles. The Labute approximate surface area is 135 Å². The molecular formula is C15H20BN3O4. The summed E-state index contributed by atoms with van der Waals surface area (Å²) in [5.74, 6) is -0.242. The van der Waals surface area contributed by atoms with Crippen LogP contribution < -0.4 is 5.46 Å². The Hall–Kier alpha value is -2.37. The Balaban J connectivity index is 3.02. The zero-order valence-electron chi connectivity index (χ0n) is 13.4. The number of carbonyl (C=O) groups is 2. The molecule has 3 amide bonds. The van der Waals surface area contributed by atoms with Gasteiger partial charge in [-0.15, -0.1) is 0 Å². The Bertz CT molecular complexity index is 596. The minimum Gasteiger partial charge on any atom is -0.423 e. The van der Waals surface area contributed by atoms with E-state index in [0.29, 0.717) is 6.42 Å². The number of nitrogens with zero attached hydrogens (tertiary/aromatic N) is 3. The molecule has 1 aromatic rings. The van der Waals surface area contributed by atoms with Crippen LogP contribution in [0.3, 0.4) is 0 Å². The zero-order valence-corrected chi connectivity index (χ0v) is 13.4. The van der Waals surface area contributed by atoms with E-state index in [0.717, 1.165) is 9.80 Å². The molecule has 0 heterocycles. The van der Waals surface area contributed by atoms with Gasteiger partial charge >= 0.3 is 13.1 Å². The summed E-state index contributed by atoms with van der Waals surface area (Å²) in [5, 5.41) is 27.0. The van der Waals surface area contributed by atoms with Crippen LogP contribution in [0.4, 0.5) is 4.79 Å². The van der Waals surface area contributed by atoms with Gasteiger partial charge in [0.2, 0.25) is 0 Å². The summed E-state index contributed by atoms with van der Waals surface area (Å²) in [7, 11) is -0.328. The smallest absolute Gasteiger partial charge is 0.423 e. The van der Waals surface area contributed by atoms with Gasteiger partial charge < -0.3 is 10.0 Å². The van der Waals surface area contributed by atoms with Crippen molar-refractivity contribution in [3.05, 3.63) is 29.8 Å². The molecule has 0 spiro atoms. The first-order chi connectivity index (χ1) is 10.8. The molecular weight excluding hydrogens is 297 g/mol. The van der Waals surface area contributed by atoms with Crippen molar-refractivity contribution in [2.75, 3.05) is 13.6 Å². The van der Waals surface area contributed by atoms with Gasteiger partial charge in [0.25, 0.3) is 5.91 Å². The second-order valence-electron chi connectivity index (χ2n) is 5.58. The summed E-state index contributed by atoms with van der Waals surface area (Å²) >= 11 is 0. The topological polar surface area (TPSA) is 105 Å². The van der Waals surface area contributed by atoms with Crippen LogP contribution in [0.2, 0.25) is 0 Å². The highest BCUT2D eigenvalue weighted by Gasteiger charge is 2.26. The van der Waals surface area contributed by atoms with E-state index in [4.69, 9.17) is 15.3 Å². The van der Waals surface area contributed by atoms with Gasteiger partial charge in [-0.2, -0.15) is 5.26 Å². The summed E-state index contributed by atoms with van der Waals surface area (Å²) in [5.41, 5.74) is 0.480. The van der Waals surface area contributed by atoms with E-state index in [1.807, 2.05) is 13.8 Å². The van der Waals surface area contributed by atoms with Gasteiger partial charge in [0.1, 0.15) is 0 Å². The van der Waals surface area contributed by atoms with Crippen molar-refractivity contribution >= 4 is 24.5 Å². The van der Waals surface area contributed by atoms with Gasteiger partial charge in [-0.25, -0.2) is 9.69 Å². The van der Waals surface area contributed by atoms with E-state index in [1.165, 1.54) is 31.3 Å². The van der Waals surface area contributed by atoms with Crippen molar-refractivity contribution < 1.29 is 19.6 Å². The summed E-state index contributed by atoms with van der Waals surface area (Å²) in [6.45, 7) is 4.14. The molecule has 0 saturated heterocycles. The average molecular weight is 317 g/mol. The molecule has 0 atom stereocenters. The molecule has 0 saturated carbocycles. The number of rotatable bonds is 5. The minimum atomic E-state index is -1.62. The SMILES string of the molecule is CC(C)CCN(C(=O)c1ccc(B(O)O)cc1)C(=O)N(C)C#N. The third-order valence-corrected chi connectivity index (χ3v) is 3.30. The number of imide groups is 1. The lowest BCUT2D eigenvalue weighted by Crippen LogP contribution is -2.44. The zero-order chi connectivity index (χ0) is 17.6. The normalized spacial score (nSPS) is 10.1. The van der Waals surface area contributed by atoms with Crippen LogP contribution in [-0.2, 0) is 0 Å². The highest BCUT2D eigenvalue weighted by molar-refractivity contribution is 6.58. The lowest BCUT2D eigenvalue weighted by Gasteiger charge is -2.23. The number of hydrogen-bond acceptors (Lipinski definition) is 5. The van der Waals surface area contributed by atoms with Crippen molar-refractivity contribution in [3.8, 4) is 6.19 Å². The first-order valence-electron chi connectivity index (χ1n) is 7.23. The summed E-state index contributed by atoms with van der Waals surface area (Å²) in [6.07, 6.45) is 2.30. The molecule has 122 valence electrons. The van der Waals surface area contributed by atoms with Gasteiger partial charge in [-0.1, -0.05) is 26.0 Å². The Kier molecular flexibility index (Phi) is 6.75. The van der Waals surface area contributed by atoms with Crippen LogP contribution in [0.1, 0.15) is 30.6 Å². The highest BCUT2D eigenvalue weighted by Crippen LogP contribution is 2.10. The number of hydrogen-bond donors (Lipinski definition) is 2. The predicted octanol–water partition coefficient (Wildman–Crippen LogP) is 0.388. The largest absolute Gasteiger partial charge is 0.488 e. The Morgan fingerprint density at radius 1 is 1.26 bits per heavy atom. The van der Waals surface area contributed by atoms with Crippen molar-refractivity contribution in [3.63, 3.8) is 0 Å². The van der Waals surface area contributed by atoms with Crippen LogP contribution >= 0.6 is 0 Å². The summed E-state index contributed by atoms with van der Waals surface area (Å²) < 4.78 is 0. The number of carbonyl (C=O) groups excluding carboxylic acids is 2. The van der Waals surface area contributed by atoms with Gasteiger partial charge in [0.05, 0.1) is 0 Å². The first-order valence-corrected chi connectivity index (χ1v) is 7.23. The lowest BCUT2D eigenvalue weighted by atomic mass is 9.80. The molecule has 0 aliphatic carbocycles. The molecule has 23 heavy (non-hydrogen) atoms. The quantitative estimate of drug-likeness (QED) is 0.464. The number of nitriles is 1. The van der Waals surface area contributed by atoms with E-state index < -0.39 is 19.1 Å². The van der Waals surface area contributed by atoms with Crippen LogP contribution in [0.25, 0.3) is 0 Å². The molecule has 8 heteroatoms. The fraction of sp³-hybridized carbons (Fsp3) is 0.400. The standard InChI is InChI=1S/C15H20BN3O4/c1-11(2)8-9-19(15(21)18(3)10-17)14(20)12-4-6-13(7-5-12)16(22)23/h4-7,11,22-23H,8-9H2,1-3H3. The molecule has 0 radical (unpaired) electrons. The monoisotopic (exact) mass is 317 g/mol. The van der Waals surface area contributed by atoms with Gasteiger partial charge in [-0.3, -0.25) is 9.69 Å². The maximum absolute atomic E-state index is 12.5. The second-order valence-corrected chi connectivity index (χ2v) is 5.58. The molecule has 0 aliphatic heterocycles. The van der Waals surface area contributed by atoms with Crippen molar-refractivity contribution in [1.82, 2.24) is 9.80 Å². The van der Waals surface area contributed by atoms with Crippen molar-refractivity contribution in [2.45, 2.75) is 20.3 Å². The maximum Gasteiger partial charge on any atom is 0.488 e. The van der Waals surface area contributed by atoms with Gasteiger partial charge in [-0.05, 0) is 29.9 Å². The number of urea groups is 1. The number of amides is 3. The predicted molar refractivity (Wildman–Crippen MR) is 85.5 cm³/mol. The van der Waals surface area contributed by atoms with Crippen molar-refractivity contribution in [2.24, 2.45) is 5.92 Å². The minimum absolute atomic E-state index is 0.200. The van der Waals surface area contributed by atoms with Crippen molar-refractivity contribution in [1.29, 1.82) is 5.26 Å². The fourth-order valence-corrected chi connectivity index (χ4v) is 1.85. The van der Waals surface area contributed by atoms with Crippen LogP contribution in [0.5, 0.6) is 0 Å². The van der Waals surface area contributed by atoms with E-state index in [2.05, 4.69) is 0 Å². The summed E-state index contributed by atoms with van der Waals surface area (Å²) in [4.78, 5) is 26.6. The van der Waals surface area contributed by atoms with E-state index >= 15 is 0 Å². The molecule has 2 N–H and O–H groups in total. The molecule has 0 bridgehead atoms. The third-order valence-electron chi connectivity index (χ3n) is 3.30.